The van der Waals surface area contributed by atoms with Gasteiger partial charge in [-0.25, -0.2) is 0 Å². The van der Waals surface area contributed by atoms with E-state index in [9.17, 15) is 4.79 Å². The summed E-state index contributed by atoms with van der Waals surface area (Å²) in [5.74, 6) is 0.277. The first-order valence-electron chi connectivity index (χ1n) is 5.91. The summed E-state index contributed by atoms with van der Waals surface area (Å²) >= 11 is 1.67. The quantitative estimate of drug-likeness (QED) is 0.921. The molecule has 0 aliphatic rings. The minimum Gasteiger partial charge on any atom is -0.344 e. The van der Waals surface area contributed by atoms with Gasteiger partial charge in [0.15, 0.2) is 0 Å². The number of hydrogen-bond donors (Lipinski definition) is 1. The van der Waals surface area contributed by atoms with E-state index in [0.717, 1.165) is 0 Å². The van der Waals surface area contributed by atoms with Gasteiger partial charge >= 0.3 is 0 Å². The van der Waals surface area contributed by atoms with Crippen LogP contribution in [0.3, 0.4) is 0 Å². The molecule has 0 aromatic carbocycles. The highest BCUT2D eigenvalue weighted by molar-refractivity contribution is 7.10. The van der Waals surface area contributed by atoms with Crippen molar-refractivity contribution in [1.29, 1.82) is 0 Å². The Hall–Kier alpha value is -1.62. The highest BCUT2D eigenvalue weighted by atomic mass is 32.1. The van der Waals surface area contributed by atoms with Gasteiger partial charge in [-0.15, -0.1) is 11.3 Å². The average molecular weight is 263 g/mol. The van der Waals surface area contributed by atoms with E-state index in [1.54, 1.807) is 35.5 Å². The van der Waals surface area contributed by atoms with Crippen LogP contribution in [0.4, 0.5) is 0 Å². The molecular formula is C13H17N3OS. The van der Waals surface area contributed by atoms with Gasteiger partial charge in [0.05, 0.1) is 17.8 Å². The zero-order chi connectivity index (χ0) is 13.1. The van der Waals surface area contributed by atoms with Crippen molar-refractivity contribution in [3.8, 4) is 0 Å². The zero-order valence-corrected chi connectivity index (χ0v) is 11.6. The van der Waals surface area contributed by atoms with Crippen LogP contribution in [0.2, 0.25) is 0 Å². The molecule has 0 aliphatic carbocycles. The lowest BCUT2D eigenvalue weighted by atomic mass is 10.0. The van der Waals surface area contributed by atoms with Gasteiger partial charge in [-0.3, -0.25) is 9.48 Å². The number of nitrogens with one attached hydrogen (secondary N) is 1. The molecule has 0 fully saturated rings. The van der Waals surface area contributed by atoms with E-state index in [2.05, 4.69) is 30.3 Å². The molecule has 0 radical (unpaired) electrons. The fourth-order valence-corrected chi connectivity index (χ4v) is 2.75. The Balaban J connectivity index is 2.13. The third kappa shape index (κ3) is 2.79. The van der Waals surface area contributed by atoms with Crippen LogP contribution in [0.25, 0.3) is 0 Å². The number of carbonyl (C=O) groups excluding carboxylic acids is 1. The maximum atomic E-state index is 12.1. The topological polar surface area (TPSA) is 46.9 Å². The minimum absolute atomic E-state index is 0.0534. The largest absolute Gasteiger partial charge is 0.344 e. The first-order chi connectivity index (χ1) is 8.58. The molecule has 18 heavy (non-hydrogen) atoms. The van der Waals surface area contributed by atoms with E-state index < -0.39 is 0 Å². The van der Waals surface area contributed by atoms with Crippen LogP contribution in [0.5, 0.6) is 0 Å². The number of aromatic nitrogens is 2. The van der Waals surface area contributed by atoms with Crippen LogP contribution in [-0.4, -0.2) is 15.7 Å². The maximum Gasteiger partial charge on any atom is 0.254 e. The molecule has 0 unspecified atom stereocenters. The van der Waals surface area contributed by atoms with E-state index in [0.29, 0.717) is 11.5 Å². The molecule has 4 nitrogen and oxygen atoms in total. The van der Waals surface area contributed by atoms with Crippen LogP contribution in [0, 0.1) is 5.92 Å². The van der Waals surface area contributed by atoms with Gasteiger partial charge in [-0.05, 0) is 17.4 Å². The molecule has 2 heterocycles. The Morgan fingerprint density at radius 3 is 2.78 bits per heavy atom. The lowest BCUT2D eigenvalue weighted by Gasteiger charge is -2.20. The number of nitrogens with zero attached hydrogens (tertiary/aromatic N) is 2. The summed E-state index contributed by atoms with van der Waals surface area (Å²) in [5.41, 5.74) is 0.597. The van der Waals surface area contributed by atoms with E-state index in [1.165, 1.54) is 4.88 Å². The van der Waals surface area contributed by atoms with Crippen LogP contribution in [0.15, 0.2) is 29.9 Å². The number of rotatable bonds is 4. The smallest absolute Gasteiger partial charge is 0.254 e. The van der Waals surface area contributed by atoms with Gasteiger partial charge in [-0.2, -0.15) is 5.10 Å². The molecule has 5 heteroatoms. The molecule has 1 N–H and O–H groups in total. The monoisotopic (exact) mass is 263 g/mol. The summed E-state index contributed by atoms with van der Waals surface area (Å²) in [6, 6.07) is 4.11. The van der Waals surface area contributed by atoms with Crippen molar-refractivity contribution < 1.29 is 4.79 Å². The average Bonchev–Trinajstić information content (AvgIpc) is 2.95. The number of aryl methyl sites for hydroxylation is 1. The Morgan fingerprint density at radius 1 is 1.50 bits per heavy atom. The van der Waals surface area contributed by atoms with Crippen molar-refractivity contribution in [2.75, 3.05) is 0 Å². The minimum atomic E-state index is -0.0739. The summed E-state index contributed by atoms with van der Waals surface area (Å²) < 4.78 is 1.63. The highest BCUT2D eigenvalue weighted by Gasteiger charge is 2.20. The van der Waals surface area contributed by atoms with Crippen LogP contribution >= 0.6 is 11.3 Å². The second-order valence-corrected chi connectivity index (χ2v) is 5.59. The van der Waals surface area contributed by atoms with Gasteiger partial charge in [-0.1, -0.05) is 19.9 Å². The Morgan fingerprint density at radius 2 is 2.28 bits per heavy atom. The number of amides is 1. The van der Waals surface area contributed by atoms with E-state index >= 15 is 0 Å². The molecule has 0 spiro atoms. The van der Waals surface area contributed by atoms with Gasteiger partial charge in [0.1, 0.15) is 0 Å². The molecule has 0 saturated carbocycles. The van der Waals surface area contributed by atoms with Crippen molar-refractivity contribution in [2.24, 2.45) is 13.0 Å². The SMILES string of the molecule is CC(C)[C@H](NC(=O)c1cnn(C)c1)c1cccs1. The van der Waals surface area contributed by atoms with E-state index in [4.69, 9.17) is 0 Å². The molecule has 0 saturated heterocycles. The number of hydrogen-bond acceptors (Lipinski definition) is 3. The molecule has 2 rings (SSSR count). The third-order valence-corrected chi connectivity index (χ3v) is 3.73. The molecule has 1 amide bonds. The number of carbonyl (C=O) groups is 1. The predicted molar refractivity (Wildman–Crippen MR) is 72.6 cm³/mol. The predicted octanol–water partition coefficient (Wildman–Crippen LogP) is 2.61. The van der Waals surface area contributed by atoms with Gasteiger partial charge in [0, 0.05) is 18.1 Å². The Bertz CT molecular complexity index is 516. The molecule has 0 bridgehead atoms. The fourth-order valence-electron chi connectivity index (χ4n) is 1.80. The zero-order valence-electron chi connectivity index (χ0n) is 10.8. The molecule has 1 atom stereocenters. The standard InChI is InChI=1S/C13H17N3OS/c1-9(2)12(11-5-4-6-18-11)15-13(17)10-7-14-16(3)8-10/h4-9,12H,1-3H3,(H,15,17)/t12-/m0/s1. The first kappa shape index (κ1) is 12.8. The third-order valence-electron chi connectivity index (χ3n) is 2.77. The van der Waals surface area contributed by atoms with Crippen LogP contribution in [0.1, 0.15) is 35.1 Å². The van der Waals surface area contributed by atoms with Crippen molar-refractivity contribution >= 4 is 17.2 Å². The lowest BCUT2D eigenvalue weighted by Crippen LogP contribution is -2.31. The van der Waals surface area contributed by atoms with Crippen molar-refractivity contribution in [2.45, 2.75) is 19.9 Å². The normalized spacial score (nSPS) is 12.7. The molecular weight excluding hydrogens is 246 g/mol. The first-order valence-corrected chi connectivity index (χ1v) is 6.79. The lowest BCUT2D eigenvalue weighted by molar-refractivity contribution is 0.0926. The summed E-state index contributed by atoms with van der Waals surface area (Å²) in [7, 11) is 1.80. The van der Waals surface area contributed by atoms with Gasteiger partial charge in [0.25, 0.3) is 5.91 Å². The van der Waals surface area contributed by atoms with Crippen LogP contribution in [-0.2, 0) is 7.05 Å². The van der Waals surface area contributed by atoms with Crippen LogP contribution < -0.4 is 5.32 Å². The Kier molecular flexibility index (Phi) is 3.81. The van der Waals surface area contributed by atoms with Crippen molar-refractivity contribution in [1.82, 2.24) is 15.1 Å². The van der Waals surface area contributed by atoms with Crippen molar-refractivity contribution in [3.05, 3.63) is 40.3 Å². The number of thiophene rings is 1. The summed E-state index contributed by atoms with van der Waals surface area (Å²) in [6.45, 7) is 4.21. The highest BCUT2D eigenvalue weighted by Crippen LogP contribution is 2.26. The molecule has 2 aromatic rings. The molecule has 2 aromatic heterocycles. The summed E-state index contributed by atoms with van der Waals surface area (Å²) in [6.07, 6.45) is 3.31. The Labute approximate surface area is 111 Å². The maximum absolute atomic E-state index is 12.1. The second kappa shape index (κ2) is 5.35. The van der Waals surface area contributed by atoms with Crippen molar-refractivity contribution in [3.63, 3.8) is 0 Å². The second-order valence-electron chi connectivity index (χ2n) is 4.61. The summed E-state index contributed by atoms with van der Waals surface area (Å²) in [5, 5.41) is 9.11. The van der Waals surface area contributed by atoms with E-state index in [1.807, 2.05) is 11.4 Å². The molecule has 0 aliphatic heterocycles. The van der Waals surface area contributed by atoms with Gasteiger partial charge in [0.2, 0.25) is 0 Å². The van der Waals surface area contributed by atoms with Gasteiger partial charge < -0.3 is 5.32 Å². The summed E-state index contributed by atoms with van der Waals surface area (Å²) in [4.78, 5) is 13.3. The van der Waals surface area contributed by atoms with E-state index in [-0.39, 0.29) is 11.9 Å². The fraction of sp³-hybridized carbons (Fsp3) is 0.385. The molecule has 96 valence electrons.